The fourth-order valence-electron chi connectivity index (χ4n) is 2.79. The summed E-state index contributed by atoms with van der Waals surface area (Å²) in [5.41, 5.74) is 1.93. The maximum atomic E-state index is 12.5. The minimum atomic E-state index is -0.197. The van der Waals surface area contributed by atoms with E-state index < -0.39 is 0 Å². The van der Waals surface area contributed by atoms with Crippen LogP contribution in [0, 0.1) is 4.77 Å². The van der Waals surface area contributed by atoms with Crippen LogP contribution in [0.15, 0.2) is 53.3 Å². The molecule has 0 saturated heterocycles. The van der Waals surface area contributed by atoms with E-state index >= 15 is 0 Å². The molecule has 3 rings (SSSR count). The summed E-state index contributed by atoms with van der Waals surface area (Å²) >= 11 is 5.22. The number of carbonyl (C=O) groups excluding carboxylic acids is 1. The molecule has 1 atom stereocenters. The summed E-state index contributed by atoms with van der Waals surface area (Å²) in [6, 6.07) is 14.6. The van der Waals surface area contributed by atoms with Crippen LogP contribution in [0.3, 0.4) is 0 Å². The fourth-order valence-corrected chi connectivity index (χ4v) is 3.11. The van der Waals surface area contributed by atoms with E-state index in [1.54, 1.807) is 18.2 Å². The average molecular weight is 353 g/mol. The number of nitrogens with zero attached hydrogens (tertiary/aromatic N) is 1. The predicted octanol–water partition coefficient (Wildman–Crippen LogP) is 3.57. The molecular formula is C19H19N3O2S. The third-order valence-corrected chi connectivity index (χ3v) is 4.53. The van der Waals surface area contributed by atoms with Crippen molar-refractivity contribution in [3.05, 3.63) is 74.8 Å². The van der Waals surface area contributed by atoms with Crippen LogP contribution >= 0.6 is 12.2 Å². The molecule has 0 aliphatic rings. The Kier molecular flexibility index (Phi) is 4.81. The lowest BCUT2D eigenvalue weighted by atomic mass is 10.1. The number of hydrogen-bond acceptors (Lipinski definition) is 3. The SMILES string of the molecule is CCn1c(=S)[nH]c2cc(C(=O)N[C@H](C)c3ccccc3)ccc2c1=O. The van der Waals surface area contributed by atoms with Crippen molar-refractivity contribution in [2.24, 2.45) is 0 Å². The number of H-pyrrole nitrogens is 1. The Labute approximate surface area is 150 Å². The number of aromatic amines is 1. The average Bonchev–Trinajstić information content (AvgIpc) is 2.62. The number of benzene rings is 2. The Hall–Kier alpha value is -2.73. The Morgan fingerprint density at radius 3 is 2.64 bits per heavy atom. The van der Waals surface area contributed by atoms with Gasteiger partial charge < -0.3 is 10.3 Å². The summed E-state index contributed by atoms with van der Waals surface area (Å²) in [5.74, 6) is -0.197. The van der Waals surface area contributed by atoms with Crippen LogP contribution in [0.4, 0.5) is 0 Å². The summed E-state index contributed by atoms with van der Waals surface area (Å²) in [6.07, 6.45) is 0. The van der Waals surface area contributed by atoms with E-state index in [1.807, 2.05) is 44.2 Å². The predicted molar refractivity (Wildman–Crippen MR) is 101 cm³/mol. The van der Waals surface area contributed by atoms with E-state index in [2.05, 4.69) is 10.3 Å². The highest BCUT2D eigenvalue weighted by molar-refractivity contribution is 7.71. The van der Waals surface area contributed by atoms with Gasteiger partial charge in [0.2, 0.25) is 0 Å². The number of carbonyl (C=O) groups is 1. The zero-order chi connectivity index (χ0) is 18.0. The topological polar surface area (TPSA) is 66.9 Å². The van der Waals surface area contributed by atoms with Gasteiger partial charge in [0.05, 0.1) is 16.9 Å². The standard InChI is InChI=1S/C19H19N3O2S/c1-3-22-18(24)15-10-9-14(11-16(15)21-19(22)25)17(23)20-12(2)13-7-5-4-6-8-13/h4-12H,3H2,1-2H3,(H,20,23)(H,21,25)/t12-/m1/s1. The lowest BCUT2D eigenvalue weighted by Crippen LogP contribution is -2.27. The minimum absolute atomic E-state index is 0.115. The largest absolute Gasteiger partial charge is 0.346 e. The highest BCUT2D eigenvalue weighted by Gasteiger charge is 2.13. The van der Waals surface area contributed by atoms with Crippen molar-refractivity contribution in [3.63, 3.8) is 0 Å². The molecule has 5 nitrogen and oxygen atoms in total. The number of amides is 1. The molecular weight excluding hydrogens is 334 g/mol. The van der Waals surface area contributed by atoms with E-state index in [1.165, 1.54) is 4.57 Å². The molecule has 0 unspecified atom stereocenters. The van der Waals surface area contributed by atoms with Gasteiger partial charge in [0.1, 0.15) is 0 Å². The molecule has 0 aliphatic carbocycles. The lowest BCUT2D eigenvalue weighted by molar-refractivity contribution is 0.0940. The molecule has 0 spiro atoms. The molecule has 3 aromatic rings. The van der Waals surface area contributed by atoms with Gasteiger partial charge in [0.15, 0.2) is 4.77 Å². The molecule has 0 saturated carbocycles. The van der Waals surface area contributed by atoms with Crippen LogP contribution in [0.2, 0.25) is 0 Å². The molecule has 0 fully saturated rings. The number of aromatic nitrogens is 2. The van der Waals surface area contributed by atoms with E-state index in [9.17, 15) is 9.59 Å². The number of nitrogens with one attached hydrogen (secondary N) is 2. The van der Waals surface area contributed by atoms with Crippen molar-refractivity contribution in [1.82, 2.24) is 14.9 Å². The maximum absolute atomic E-state index is 12.5. The first kappa shape index (κ1) is 17.1. The van der Waals surface area contributed by atoms with Crippen LogP contribution < -0.4 is 10.9 Å². The third-order valence-electron chi connectivity index (χ3n) is 4.21. The van der Waals surface area contributed by atoms with Gasteiger partial charge in [-0.3, -0.25) is 14.2 Å². The summed E-state index contributed by atoms with van der Waals surface area (Å²) in [7, 11) is 0. The van der Waals surface area contributed by atoms with Crippen LogP contribution in [-0.4, -0.2) is 15.5 Å². The zero-order valence-corrected chi connectivity index (χ0v) is 14.9. The number of rotatable bonds is 4. The van der Waals surface area contributed by atoms with Crippen LogP contribution in [-0.2, 0) is 6.54 Å². The molecule has 128 valence electrons. The number of fused-ring (bicyclic) bond motifs is 1. The van der Waals surface area contributed by atoms with Gasteiger partial charge in [-0.05, 0) is 49.8 Å². The van der Waals surface area contributed by atoms with Crippen molar-refractivity contribution < 1.29 is 4.79 Å². The first-order valence-electron chi connectivity index (χ1n) is 8.14. The Morgan fingerprint density at radius 2 is 1.96 bits per heavy atom. The molecule has 2 N–H and O–H groups in total. The van der Waals surface area contributed by atoms with Gasteiger partial charge in [-0.25, -0.2) is 0 Å². The number of hydrogen-bond donors (Lipinski definition) is 2. The second-order valence-corrected chi connectivity index (χ2v) is 6.23. The van der Waals surface area contributed by atoms with E-state index in [4.69, 9.17) is 12.2 Å². The summed E-state index contributed by atoms with van der Waals surface area (Å²) < 4.78 is 1.85. The maximum Gasteiger partial charge on any atom is 0.262 e. The van der Waals surface area contributed by atoms with Gasteiger partial charge in [0.25, 0.3) is 11.5 Å². The van der Waals surface area contributed by atoms with Gasteiger partial charge in [-0.15, -0.1) is 0 Å². The summed E-state index contributed by atoms with van der Waals surface area (Å²) in [6.45, 7) is 4.30. The van der Waals surface area contributed by atoms with Gasteiger partial charge in [0, 0.05) is 12.1 Å². The molecule has 25 heavy (non-hydrogen) atoms. The molecule has 1 amide bonds. The van der Waals surface area contributed by atoms with Crippen molar-refractivity contribution in [1.29, 1.82) is 0 Å². The smallest absolute Gasteiger partial charge is 0.262 e. The van der Waals surface area contributed by atoms with Crippen LogP contribution in [0.1, 0.15) is 35.8 Å². The van der Waals surface area contributed by atoms with Crippen LogP contribution in [0.5, 0.6) is 0 Å². The van der Waals surface area contributed by atoms with Crippen molar-refractivity contribution in [2.75, 3.05) is 0 Å². The van der Waals surface area contributed by atoms with Crippen LogP contribution in [0.25, 0.3) is 10.9 Å². The fraction of sp³-hybridized carbons (Fsp3) is 0.211. The van der Waals surface area contributed by atoms with E-state index in [0.717, 1.165) is 5.56 Å². The second kappa shape index (κ2) is 7.03. The normalized spacial score (nSPS) is 12.1. The van der Waals surface area contributed by atoms with E-state index in [-0.39, 0.29) is 17.5 Å². The molecule has 0 aliphatic heterocycles. The quantitative estimate of drug-likeness (QED) is 0.705. The monoisotopic (exact) mass is 353 g/mol. The second-order valence-electron chi connectivity index (χ2n) is 5.85. The minimum Gasteiger partial charge on any atom is -0.346 e. The lowest BCUT2D eigenvalue weighted by Gasteiger charge is -2.14. The molecule has 1 heterocycles. The Balaban J connectivity index is 1.93. The van der Waals surface area contributed by atoms with Gasteiger partial charge in [-0.1, -0.05) is 30.3 Å². The first-order valence-corrected chi connectivity index (χ1v) is 8.54. The molecule has 0 bridgehead atoms. The Bertz CT molecular complexity index is 1040. The highest BCUT2D eigenvalue weighted by atomic mass is 32.1. The highest BCUT2D eigenvalue weighted by Crippen LogP contribution is 2.15. The summed E-state index contributed by atoms with van der Waals surface area (Å²) in [5, 5.41) is 3.48. The zero-order valence-electron chi connectivity index (χ0n) is 14.1. The van der Waals surface area contributed by atoms with Gasteiger partial charge >= 0.3 is 0 Å². The molecule has 1 aromatic heterocycles. The summed E-state index contributed by atoms with van der Waals surface area (Å²) in [4.78, 5) is 28.0. The van der Waals surface area contributed by atoms with Crippen molar-refractivity contribution in [2.45, 2.75) is 26.4 Å². The Morgan fingerprint density at radius 1 is 1.24 bits per heavy atom. The van der Waals surface area contributed by atoms with Gasteiger partial charge in [-0.2, -0.15) is 0 Å². The van der Waals surface area contributed by atoms with Crippen molar-refractivity contribution >= 4 is 29.0 Å². The molecule has 6 heteroatoms. The molecule has 0 radical (unpaired) electrons. The van der Waals surface area contributed by atoms with E-state index in [0.29, 0.717) is 27.8 Å². The first-order chi connectivity index (χ1) is 12.0. The van der Waals surface area contributed by atoms with Crippen molar-refractivity contribution in [3.8, 4) is 0 Å². The molecule has 2 aromatic carbocycles. The third kappa shape index (κ3) is 3.39.